The molecule has 0 atom stereocenters. The van der Waals surface area contributed by atoms with Crippen LogP contribution in [0.25, 0.3) is 11.3 Å². The van der Waals surface area contributed by atoms with Crippen LogP contribution < -0.4 is 10.9 Å². The van der Waals surface area contributed by atoms with Gasteiger partial charge in [-0.3, -0.25) is 9.59 Å². The van der Waals surface area contributed by atoms with E-state index in [2.05, 4.69) is 5.32 Å². The van der Waals surface area contributed by atoms with Gasteiger partial charge in [0.05, 0.1) is 17.9 Å². The molecule has 1 N–H and O–H groups in total. The van der Waals surface area contributed by atoms with Gasteiger partial charge >= 0.3 is 5.97 Å². The number of esters is 1. The van der Waals surface area contributed by atoms with Crippen LogP contribution in [0.5, 0.6) is 0 Å². The van der Waals surface area contributed by atoms with Crippen LogP contribution in [0.4, 0.5) is 5.69 Å². The van der Waals surface area contributed by atoms with Gasteiger partial charge in [0.2, 0.25) is 0 Å². The second-order valence-electron chi connectivity index (χ2n) is 6.72. The van der Waals surface area contributed by atoms with Crippen LogP contribution in [0, 0.1) is 0 Å². The summed E-state index contributed by atoms with van der Waals surface area (Å²) in [6.45, 7) is 2.36. The van der Waals surface area contributed by atoms with Gasteiger partial charge in [0.25, 0.3) is 11.5 Å². The summed E-state index contributed by atoms with van der Waals surface area (Å²) < 4.78 is 6.78. The molecule has 0 radical (unpaired) electrons. The molecule has 6 heteroatoms. The predicted octanol–water partition coefficient (Wildman–Crippen LogP) is 3.50. The van der Waals surface area contributed by atoms with Crippen molar-refractivity contribution in [2.24, 2.45) is 0 Å². The summed E-state index contributed by atoms with van der Waals surface area (Å²) in [5.74, 6) is -0.933. The average molecular weight is 388 g/mol. The fraction of sp³-hybridized carbons (Fsp3) is 0.174. The van der Waals surface area contributed by atoms with Gasteiger partial charge in [-0.05, 0) is 37.1 Å². The second-order valence-corrected chi connectivity index (χ2v) is 6.72. The van der Waals surface area contributed by atoms with Crippen molar-refractivity contribution in [3.8, 4) is 11.3 Å². The Morgan fingerprint density at radius 3 is 2.55 bits per heavy atom. The summed E-state index contributed by atoms with van der Waals surface area (Å²) in [5, 5.41) is 2.66. The Labute approximate surface area is 167 Å². The number of anilines is 1. The largest absolute Gasteiger partial charge is 0.462 e. The number of carbonyl (C=O) groups excluding carboxylic acids is 2. The van der Waals surface area contributed by atoms with Crippen molar-refractivity contribution in [3.05, 3.63) is 87.7 Å². The number of aryl methyl sites for hydroxylation is 1. The number of nitrogens with one attached hydrogen (secondary N) is 1. The van der Waals surface area contributed by atoms with E-state index in [1.807, 2.05) is 24.3 Å². The highest BCUT2D eigenvalue weighted by molar-refractivity contribution is 6.05. The smallest absolute Gasteiger partial charge is 0.340 e. The van der Waals surface area contributed by atoms with Crippen LogP contribution in [0.2, 0.25) is 0 Å². The van der Waals surface area contributed by atoms with E-state index in [1.54, 1.807) is 41.8 Å². The fourth-order valence-corrected chi connectivity index (χ4v) is 3.61. The van der Waals surface area contributed by atoms with E-state index >= 15 is 0 Å². The Hall–Kier alpha value is -3.67. The monoisotopic (exact) mass is 388 g/mol. The van der Waals surface area contributed by atoms with Crippen LogP contribution in [0.1, 0.15) is 33.2 Å². The number of aromatic nitrogens is 1. The second kappa shape index (κ2) is 7.75. The van der Waals surface area contributed by atoms with Crippen molar-refractivity contribution in [1.29, 1.82) is 0 Å². The molecule has 0 saturated carbocycles. The summed E-state index contributed by atoms with van der Waals surface area (Å²) in [5.41, 5.74) is 2.85. The van der Waals surface area contributed by atoms with Crippen molar-refractivity contribution < 1.29 is 14.3 Å². The number of amides is 1. The lowest BCUT2D eigenvalue weighted by atomic mass is 9.94. The third kappa shape index (κ3) is 3.45. The molecule has 0 fully saturated rings. The minimum Gasteiger partial charge on any atom is -0.462 e. The Kier molecular flexibility index (Phi) is 4.99. The Bertz CT molecular complexity index is 1150. The van der Waals surface area contributed by atoms with E-state index < -0.39 is 11.9 Å². The lowest BCUT2D eigenvalue weighted by Crippen LogP contribution is -2.32. The maximum atomic E-state index is 13.1. The molecule has 1 amide bonds. The van der Waals surface area contributed by atoms with Crippen molar-refractivity contribution >= 4 is 17.6 Å². The number of ether oxygens (including phenoxy) is 1. The molecule has 0 unspecified atom stereocenters. The van der Waals surface area contributed by atoms with Gasteiger partial charge < -0.3 is 14.6 Å². The zero-order chi connectivity index (χ0) is 20.4. The minimum absolute atomic E-state index is 0.0602. The molecule has 4 rings (SSSR count). The number of carbonyl (C=O) groups is 2. The van der Waals surface area contributed by atoms with E-state index in [4.69, 9.17) is 4.74 Å². The van der Waals surface area contributed by atoms with Crippen molar-refractivity contribution in [2.75, 3.05) is 11.9 Å². The molecule has 0 aliphatic carbocycles. The Morgan fingerprint density at radius 1 is 1.07 bits per heavy atom. The average Bonchev–Trinajstić information content (AvgIpc) is 2.76. The topological polar surface area (TPSA) is 77.4 Å². The molecule has 146 valence electrons. The maximum Gasteiger partial charge on any atom is 0.340 e. The van der Waals surface area contributed by atoms with E-state index in [0.29, 0.717) is 24.2 Å². The highest BCUT2D eigenvalue weighted by Gasteiger charge is 2.26. The van der Waals surface area contributed by atoms with Crippen LogP contribution in [-0.4, -0.2) is 23.1 Å². The number of nitrogens with zero attached hydrogens (tertiary/aromatic N) is 1. The van der Waals surface area contributed by atoms with Gasteiger partial charge in [0.1, 0.15) is 5.69 Å². The molecule has 6 nitrogen and oxygen atoms in total. The number of fused-ring (bicyclic) bond motifs is 3. The number of pyridine rings is 1. The van der Waals surface area contributed by atoms with Gasteiger partial charge in [-0.1, -0.05) is 42.5 Å². The summed E-state index contributed by atoms with van der Waals surface area (Å²) in [4.78, 5) is 38.4. The molecular formula is C23H20N2O4. The predicted molar refractivity (Wildman–Crippen MR) is 110 cm³/mol. The Balaban J connectivity index is 1.85. The normalized spacial score (nSPS) is 11.9. The van der Waals surface area contributed by atoms with Crippen molar-refractivity contribution in [2.45, 2.75) is 19.9 Å². The van der Waals surface area contributed by atoms with Gasteiger partial charge in [-0.15, -0.1) is 0 Å². The first-order chi connectivity index (χ1) is 14.1. The van der Waals surface area contributed by atoms with Crippen LogP contribution >= 0.6 is 0 Å². The van der Waals surface area contributed by atoms with E-state index in [0.717, 1.165) is 11.1 Å². The van der Waals surface area contributed by atoms with Crippen LogP contribution in [0.15, 0.2) is 65.5 Å². The molecule has 2 aromatic carbocycles. The fourth-order valence-electron chi connectivity index (χ4n) is 3.61. The van der Waals surface area contributed by atoms with E-state index in [1.165, 1.54) is 6.07 Å². The lowest BCUT2D eigenvalue weighted by Gasteiger charge is -2.24. The maximum absolute atomic E-state index is 13.1. The van der Waals surface area contributed by atoms with Crippen LogP contribution in [0.3, 0.4) is 0 Å². The molecule has 0 bridgehead atoms. The summed E-state index contributed by atoms with van der Waals surface area (Å²) >= 11 is 0. The highest BCUT2D eigenvalue weighted by Crippen LogP contribution is 2.32. The zero-order valence-electron chi connectivity index (χ0n) is 16.0. The van der Waals surface area contributed by atoms with Gasteiger partial charge in [-0.2, -0.15) is 0 Å². The molecule has 0 saturated heterocycles. The molecule has 1 aliphatic rings. The summed E-state index contributed by atoms with van der Waals surface area (Å²) in [7, 11) is 0. The van der Waals surface area contributed by atoms with Gasteiger partial charge in [0.15, 0.2) is 0 Å². The Morgan fingerprint density at radius 2 is 1.79 bits per heavy atom. The highest BCUT2D eigenvalue weighted by atomic mass is 16.5. The molecule has 3 aromatic rings. The third-order valence-corrected chi connectivity index (χ3v) is 4.95. The van der Waals surface area contributed by atoms with Crippen molar-refractivity contribution in [3.63, 3.8) is 0 Å². The molecular weight excluding hydrogens is 368 g/mol. The first kappa shape index (κ1) is 18.7. The van der Waals surface area contributed by atoms with E-state index in [9.17, 15) is 14.4 Å². The van der Waals surface area contributed by atoms with Gasteiger partial charge in [-0.25, -0.2) is 4.79 Å². The third-order valence-electron chi connectivity index (χ3n) is 4.95. The lowest BCUT2D eigenvalue weighted by molar-refractivity contribution is 0.0526. The number of hydrogen-bond acceptors (Lipinski definition) is 4. The zero-order valence-corrected chi connectivity index (χ0v) is 16.0. The molecule has 29 heavy (non-hydrogen) atoms. The molecule has 2 heterocycles. The summed E-state index contributed by atoms with van der Waals surface area (Å²) in [6.07, 6.45) is 0.668. The quantitative estimate of drug-likeness (QED) is 0.694. The molecule has 1 aromatic heterocycles. The first-order valence-electron chi connectivity index (χ1n) is 9.49. The number of hydrogen-bond donors (Lipinski definition) is 1. The molecule has 1 aliphatic heterocycles. The molecule has 0 spiro atoms. The van der Waals surface area contributed by atoms with Crippen molar-refractivity contribution in [1.82, 2.24) is 4.57 Å². The minimum atomic E-state index is -0.525. The first-order valence-corrected chi connectivity index (χ1v) is 9.49. The standard InChI is InChI=1S/C23H20N2O4/c1-2-29-23(28)18-14-19(24-21(26)16-9-4-3-5-10-16)22(27)25-13-12-15-8-6-7-11-17(15)20(18)25/h3-11,14H,2,12-13H2,1H3,(H,24,26). The summed E-state index contributed by atoms with van der Waals surface area (Å²) in [6, 6.07) is 17.7. The SMILES string of the molecule is CCOC(=O)c1cc(NC(=O)c2ccccc2)c(=O)n2c1-c1ccccc1CC2. The van der Waals surface area contributed by atoms with Crippen LogP contribution in [-0.2, 0) is 17.7 Å². The number of rotatable bonds is 4. The van der Waals surface area contributed by atoms with E-state index in [-0.39, 0.29) is 23.4 Å². The number of benzene rings is 2. The van der Waals surface area contributed by atoms with Gasteiger partial charge in [0, 0.05) is 17.7 Å².